The molecule has 0 aliphatic carbocycles. The summed E-state index contributed by atoms with van der Waals surface area (Å²) in [7, 11) is 1.31. The van der Waals surface area contributed by atoms with E-state index in [9.17, 15) is 9.59 Å². The van der Waals surface area contributed by atoms with Gasteiger partial charge < -0.3 is 19.7 Å². The maximum absolute atomic E-state index is 11.9. The Bertz CT molecular complexity index is 568. The molecule has 0 atom stereocenters. The molecule has 0 radical (unpaired) electrons. The van der Waals surface area contributed by atoms with Gasteiger partial charge in [-0.1, -0.05) is 6.42 Å². The molecule has 1 aliphatic heterocycles. The third-order valence-electron chi connectivity index (χ3n) is 4.04. The second kappa shape index (κ2) is 9.27. The molecular weight excluding hydrogens is 308 g/mol. The minimum atomic E-state index is -0.502. The van der Waals surface area contributed by atoms with Crippen LogP contribution in [0, 0.1) is 0 Å². The fourth-order valence-electron chi connectivity index (χ4n) is 2.85. The van der Waals surface area contributed by atoms with Gasteiger partial charge in [0.25, 0.3) is 0 Å². The van der Waals surface area contributed by atoms with Crippen molar-refractivity contribution in [3.05, 3.63) is 23.8 Å². The molecule has 1 aliphatic rings. The summed E-state index contributed by atoms with van der Waals surface area (Å²) in [6, 6.07) is 5.02. The first-order valence-corrected chi connectivity index (χ1v) is 8.45. The molecule has 1 fully saturated rings. The van der Waals surface area contributed by atoms with Crippen molar-refractivity contribution in [2.75, 3.05) is 38.7 Å². The second-order valence-electron chi connectivity index (χ2n) is 5.98. The Morgan fingerprint density at radius 2 is 1.96 bits per heavy atom. The third kappa shape index (κ3) is 5.53. The van der Waals surface area contributed by atoms with Crippen LogP contribution in [0.3, 0.4) is 0 Å². The highest BCUT2D eigenvalue weighted by molar-refractivity contribution is 6.01. The van der Waals surface area contributed by atoms with Crippen molar-refractivity contribution in [1.29, 1.82) is 0 Å². The van der Waals surface area contributed by atoms with E-state index in [4.69, 9.17) is 9.47 Å². The summed E-state index contributed by atoms with van der Waals surface area (Å²) in [6.07, 6.45) is 4.85. The number of carbonyl (C=O) groups excluding carboxylic acids is 2. The Morgan fingerprint density at radius 1 is 1.21 bits per heavy atom. The number of methoxy groups -OCH3 is 1. The molecule has 0 saturated carbocycles. The summed E-state index contributed by atoms with van der Waals surface area (Å²) < 4.78 is 10.5. The molecule has 0 unspecified atom stereocenters. The van der Waals surface area contributed by atoms with Gasteiger partial charge in [-0.25, -0.2) is 4.79 Å². The van der Waals surface area contributed by atoms with Crippen molar-refractivity contribution < 1.29 is 19.1 Å². The first-order chi connectivity index (χ1) is 11.6. The van der Waals surface area contributed by atoms with Crippen LogP contribution in [0.2, 0.25) is 0 Å². The number of piperidine rings is 1. The predicted octanol–water partition coefficient (Wildman–Crippen LogP) is 2.69. The first kappa shape index (κ1) is 18.3. The summed E-state index contributed by atoms with van der Waals surface area (Å²) in [5.74, 6) is -0.143. The van der Waals surface area contributed by atoms with Crippen LogP contribution in [0.1, 0.15) is 43.0 Å². The highest BCUT2D eigenvalue weighted by atomic mass is 16.5. The number of likely N-dealkylation sites (tertiary alicyclic amines) is 1. The van der Waals surface area contributed by atoms with E-state index in [1.165, 1.54) is 46.4 Å². The van der Waals surface area contributed by atoms with Gasteiger partial charge in [-0.3, -0.25) is 4.79 Å². The van der Waals surface area contributed by atoms with Crippen LogP contribution in [0.15, 0.2) is 18.2 Å². The molecule has 1 aromatic rings. The smallest absolute Gasteiger partial charge is 0.340 e. The Labute approximate surface area is 143 Å². The highest BCUT2D eigenvalue weighted by Crippen LogP contribution is 2.23. The van der Waals surface area contributed by atoms with Gasteiger partial charge >= 0.3 is 5.97 Å². The maximum Gasteiger partial charge on any atom is 0.340 e. The molecule has 1 aromatic carbocycles. The fraction of sp³-hybridized carbons (Fsp3) is 0.556. The zero-order valence-corrected chi connectivity index (χ0v) is 14.5. The van der Waals surface area contributed by atoms with E-state index in [-0.39, 0.29) is 5.91 Å². The van der Waals surface area contributed by atoms with Gasteiger partial charge in [0.15, 0.2) is 0 Å². The molecule has 6 nitrogen and oxygen atoms in total. The Kier molecular flexibility index (Phi) is 7.06. The van der Waals surface area contributed by atoms with Crippen LogP contribution < -0.4 is 10.1 Å². The molecule has 0 aromatic heterocycles. The monoisotopic (exact) mass is 334 g/mol. The fourth-order valence-corrected chi connectivity index (χ4v) is 2.85. The molecule has 1 amide bonds. The molecule has 0 spiro atoms. The number of ether oxygens (including phenoxy) is 2. The van der Waals surface area contributed by atoms with Gasteiger partial charge in [-0.2, -0.15) is 0 Å². The van der Waals surface area contributed by atoms with E-state index in [1.54, 1.807) is 18.2 Å². The lowest BCUT2D eigenvalue weighted by atomic mass is 10.1. The lowest BCUT2D eigenvalue weighted by Gasteiger charge is -2.26. The second-order valence-corrected chi connectivity index (χ2v) is 5.98. The first-order valence-electron chi connectivity index (χ1n) is 8.45. The van der Waals surface area contributed by atoms with E-state index in [1.807, 2.05) is 0 Å². The SMILES string of the molecule is COC(=O)c1cc(OCCCN2CCCCC2)ccc1NC(C)=O. The van der Waals surface area contributed by atoms with Crippen molar-refractivity contribution in [2.45, 2.75) is 32.6 Å². The van der Waals surface area contributed by atoms with Crippen LogP contribution in [0.5, 0.6) is 5.75 Å². The topological polar surface area (TPSA) is 67.9 Å². The van der Waals surface area contributed by atoms with Gasteiger partial charge in [-0.05, 0) is 50.6 Å². The summed E-state index contributed by atoms with van der Waals surface area (Å²) in [5, 5.41) is 2.62. The molecule has 132 valence electrons. The quantitative estimate of drug-likeness (QED) is 0.613. The number of hydrogen-bond acceptors (Lipinski definition) is 5. The number of rotatable bonds is 7. The minimum Gasteiger partial charge on any atom is -0.494 e. The molecule has 1 heterocycles. The number of anilines is 1. The lowest BCUT2D eigenvalue weighted by molar-refractivity contribution is -0.114. The van der Waals surface area contributed by atoms with Crippen molar-refractivity contribution in [3.8, 4) is 5.75 Å². The van der Waals surface area contributed by atoms with Gasteiger partial charge in [-0.15, -0.1) is 0 Å². The highest BCUT2D eigenvalue weighted by Gasteiger charge is 2.14. The molecule has 2 rings (SSSR count). The van der Waals surface area contributed by atoms with Crippen LogP contribution in [0.4, 0.5) is 5.69 Å². The van der Waals surface area contributed by atoms with E-state index in [0.717, 1.165) is 13.0 Å². The Hall–Kier alpha value is -2.08. The average Bonchev–Trinajstić information content (AvgIpc) is 2.59. The van der Waals surface area contributed by atoms with Crippen LogP contribution in [-0.2, 0) is 9.53 Å². The molecule has 1 N–H and O–H groups in total. The third-order valence-corrected chi connectivity index (χ3v) is 4.04. The number of carbonyl (C=O) groups is 2. The summed E-state index contributed by atoms with van der Waals surface area (Å²) >= 11 is 0. The van der Waals surface area contributed by atoms with E-state index in [2.05, 4.69) is 10.2 Å². The number of hydrogen-bond donors (Lipinski definition) is 1. The molecule has 0 bridgehead atoms. The number of benzene rings is 1. The van der Waals surface area contributed by atoms with Crippen LogP contribution in [-0.4, -0.2) is 50.1 Å². The number of esters is 1. The van der Waals surface area contributed by atoms with E-state index < -0.39 is 5.97 Å². The number of nitrogens with one attached hydrogen (secondary N) is 1. The van der Waals surface area contributed by atoms with Crippen LogP contribution >= 0.6 is 0 Å². The van der Waals surface area contributed by atoms with E-state index >= 15 is 0 Å². The number of nitrogens with zero attached hydrogens (tertiary/aromatic N) is 1. The molecular formula is C18H26N2O4. The van der Waals surface area contributed by atoms with Crippen LogP contribution in [0.25, 0.3) is 0 Å². The summed E-state index contributed by atoms with van der Waals surface area (Å²) in [6.45, 7) is 5.38. The summed E-state index contributed by atoms with van der Waals surface area (Å²) in [4.78, 5) is 25.6. The average molecular weight is 334 g/mol. The normalized spacial score (nSPS) is 14.9. The van der Waals surface area contributed by atoms with E-state index in [0.29, 0.717) is 23.6 Å². The Morgan fingerprint density at radius 3 is 2.62 bits per heavy atom. The number of amides is 1. The summed E-state index contributed by atoms with van der Waals surface area (Å²) in [5.41, 5.74) is 0.719. The Balaban J connectivity index is 1.89. The van der Waals surface area contributed by atoms with Crippen molar-refractivity contribution in [2.24, 2.45) is 0 Å². The van der Waals surface area contributed by atoms with Crippen molar-refractivity contribution >= 4 is 17.6 Å². The van der Waals surface area contributed by atoms with Gasteiger partial charge in [0, 0.05) is 13.5 Å². The largest absolute Gasteiger partial charge is 0.494 e. The van der Waals surface area contributed by atoms with Gasteiger partial charge in [0.05, 0.1) is 25.0 Å². The molecule has 24 heavy (non-hydrogen) atoms. The zero-order valence-electron chi connectivity index (χ0n) is 14.5. The lowest BCUT2D eigenvalue weighted by Crippen LogP contribution is -2.31. The molecule has 1 saturated heterocycles. The van der Waals surface area contributed by atoms with Gasteiger partial charge in [0.1, 0.15) is 5.75 Å². The maximum atomic E-state index is 11.9. The van der Waals surface area contributed by atoms with Gasteiger partial charge in [0.2, 0.25) is 5.91 Å². The standard InChI is InChI=1S/C18H26N2O4/c1-14(21)19-17-8-7-15(13-16(17)18(22)23-2)24-12-6-11-20-9-4-3-5-10-20/h7-8,13H,3-6,9-12H2,1-2H3,(H,19,21). The van der Waals surface area contributed by atoms with Crippen molar-refractivity contribution in [1.82, 2.24) is 4.90 Å². The predicted molar refractivity (Wildman–Crippen MR) is 92.5 cm³/mol. The zero-order chi connectivity index (χ0) is 17.4. The molecule has 6 heteroatoms. The minimum absolute atomic E-state index is 0.240. The van der Waals surface area contributed by atoms with Crippen molar-refractivity contribution in [3.63, 3.8) is 0 Å².